The van der Waals surface area contributed by atoms with Crippen LogP contribution in [0.5, 0.6) is 0 Å². The molecule has 1 saturated heterocycles. The number of carbonyl (C=O) groups is 1. The summed E-state index contributed by atoms with van der Waals surface area (Å²) in [5.74, 6) is 1.58. The number of nitrogens with one attached hydrogen (secondary N) is 2. The number of anilines is 1. The Morgan fingerprint density at radius 2 is 1.67 bits per heavy atom. The smallest absolute Gasteiger partial charge is 0.279 e. The van der Waals surface area contributed by atoms with E-state index >= 15 is 0 Å². The highest BCUT2D eigenvalue weighted by molar-refractivity contribution is 5.93. The van der Waals surface area contributed by atoms with E-state index in [1.807, 2.05) is 0 Å². The standard InChI is InChI=1S/C18H28N2O/c1-12-7-15(4)18(16(5)8-12)19-17(21)11-20-9-13(2)6-14(3)10-20/h7-8,13-14H,6,9-11H2,1-5H3,(H,19,21)/p+1/t13-,14+. The summed E-state index contributed by atoms with van der Waals surface area (Å²) in [7, 11) is 0. The number of aryl methyl sites for hydroxylation is 3. The number of carbonyl (C=O) groups excluding carboxylic acids is 1. The molecule has 0 radical (unpaired) electrons. The quantitative estimate of drug-likeness (QED) is 0.878. The van der Waals surface area contributed by atoms with Gasteiger partial charge in [0.05, 0.1) is 13.1 Å². The lowest BCUT2D eigenvalue weighted by Crippen LogP contribution is -3.15. The molecule has 0 aromatic heterocycles. The van der Waals surface area contributed by atoms with Crippen LogP contribution in [-0.4, -0.2) is 25.5 Å². The molecule has 21 heavy (non-hydrogen) atoms. The first-order chi connectivity index (χ1) is 9.85. The number of amides is 1. The monoisotopic (exact) mass is 289 g/mol. The van der Waals surface area contributed by atoms with Gasteiger partial charge in [0.1, 0.15) is 0 Å². The molecule has 1 fully saturated rings. The maximum Gasteiger partial charge on any atom is 0.279 e. The Kier molecular flexibility index (Phi) is 5.04. The second-order valence-electron chi connectivity index (χ2n) is 7.10. The molecule has 0 bridgehead atoms. The van der Waals surface area contributed by atoms with Gasteiger partial charge in [-0.1, -0.05) is 31.5 Å². The van der Waals surface area contributed by atoms with E-state index in [9.17, 15) is 4.79 Å². The average Bonchev–Trinajstić information content (AvgIpc) is 2.32. The summed E-state index contributed by atoms with van der Waals surface area (Å²) >= 11 is 0. The molecule has 0 spiro atoms. The van der Waals surface area contributed by atoms with Gasteiger partial charge in [-0.25, -0.2) is 0 Å². The van der Waals surface area contributed by atoms with Crippen molar-refractivity contribution in [2.75, 3.05) is 25.0 Å². The third kappa shape index (κ3) is 4.31. The Labute approximate surface area is 128 Å². The van der Waals surface area contributed by atoms with Crippen LogP contribution in [0, 0.1) is 32.6 Å². The van der Waals surface area contributed by atoms with Gasteiger partial charge < -0.3 is 10.2 Å². The zero-order chi connectivity index (χ0) is 15.6. The first-order valence-electron chi connectivity index (χ1n) is 8.06. The second kappa shape index (κ2) is 6.61. The summed E-state index contributed by atoms with van der Waals surface area (Å²) in [6.45, 7) is 13.6. The molecule has 1 aromatic rings. The van der Waals surface area contributed by atoms with Crippen molar-refractivity contribution in [1.29, 1.82) is 0 Å². The Hall–Kier alpha value is -1.35. The van der Waals surface area contributed by atoms with Crippen LogP contribution in [0.25, 0.3) is 0 Å². The predicted molar refractivity (Wildman–Crippen MR) is 87.8 cm³/mol. The molecule has 1 aromatic carbocycles. The molecule has 0 saturated carbocycles. The van der Waals surface area contributed by atoms with Crippen LogP contribution in [-0.2, 0) is 4.79 Å². The largest absolute Gasteiger partial charge is 0.327 e. The summed E-state index contributed by atoms with van der Waals surface area (Å²) in [4.78, 5) is 13.8. The summed E-state index contributed by atoms with van der Waals surface area (Å²) in [6.07, 6.45) is 1.29. The van der Waals surface area contributed by atoms with Crippen molar-refractivity contribution >= 4 is 11.6 Å². The van der Waals surface area contributed by atoms with E-state index < -0.39 is 0 Å². The van der Waals surface area contributed by atoms with Crippen molar-refractivity contribution in [3.8, 4) is 0 Å². The fraction of sp³-hybridized carbons (Fsp3) is 0.611. The molecule has 0 aliphatic carbocycles. The molecule has 1 amide bonds. The van der Waals surface area contributed by atoms with E-state index in [2.05, 4.69) is 52.1 Å². The van der Waals surface area contributed by atoms with Crippen molar-refractivity contribution < 1.29 is 9.69 Å². The summed E-state index contributed by atoms with van der Waals surface area (Å²) in [5.41, 5.74) is 4.53. The van der Waals surface area contributed by atoms with Crippen molar-refractivity contribution in [3.05, 3.63) is 28.8 Å². The number of hydrogen-bond donors (Lipinski definition) is 2. The molecule has 1 aliphatic heterocycles. The maximum absolute atomic E-state index is 12.4. The molecular formula is C18H29N2O+. The lowest BCUT2D eigenvalue weighted by molar-refractivity contribution is -0.904. The molecule has 3 nitrogen and oxygen atoms in total. The first-order valence-corrected chi connectivity index (χ1v) is 8.06. The van der Waals surface area contributed by atoms with E-state index in [4.69, 9.17) is 0 Å². The van der Waals surface area contributed by atoms with Crippen LogP contribution >= 0.6 is 0 Å². The van der Waals surface area contributed by atoms with Gasteiger partial charge in [-0.15, -0.1) is 0 Å². The fourth-order valence-electron chi connectivity index (χ4n) is 3.85. The summed E-state index contributed by atoms with van der Waals surface area (Å²) in [5, 5.41) is 3.12. The molecule has 3 heteroatoms. The highest BCUT2D eigenvalue weighted by atomic mass is 16.2. The molecule has 1 unspecified atom stereocenters. The number of piperidine rings is 1. The van der Waals surface area contributed by atoms with Crippen LogP contribution in [0.3, 0.4) is 0 Å². The van der Waals surface area contributed by atoms with Crippen LogP contribution in [0.15, 0.2) is 12.1 Å². The van der Waals surface area contributed by atoms with Gasteiger partial charge in [-0.2, -0.15) is 0 Å². The number of likely N-dealkylation sites (tertiary alicyclic amines) is 1. The Morgan fingerprint density at radius 1 is 1.14 bits per heavy atom. The van der Waals surface area contributed by atoms with E-state index in [-0.39, 0.29) is 5.91 Å². The van der Waals surface area contributed by atoms with Crippen molar-refractivity contribution in [2.45, 2.75) is 41.0 Å². The lowest BCUT2D eigenvalue weighted by Gasteiger charge is -2.31. The van der Waals surface area contributed by atoms with E-state index in [1.165, 1.54) is 16.9 Å². The highest BCUT2D eigenvalue weighted by Crippen LogP contribution is 2.21. The van der Waals surface area contributed by atoms with Crippen LogP contribution in [0.4, 0.5) is 5.69 Å². The van der Waals surface area contributed by atoms with Gasteiger partial charge in [0.15, 0.2) is 6.54 Å². The number of benzene rings is 1. The highest BCUT2D eigenvalue weighted by Gasteiger charge is 2.26. The van der Waals surface area contributed by atoms with Crippen molar-refractivity contribution in [2.24, 2.45) is 11.8 Å². The van der Waals surface area contributed by atoms with E-state index in [0.717, 1.165) is 41.7 Å². The second-order valence-corrected chi connectivity index (χ2v) is 7.10. The Morgan fingerprint density at radius 3 is 2.19 bits per heavy atom. The number of hydrogen-bond acceptors (Lipinski definition) is 1. The molecule has 2 N–H and O–H groups in total. The van der Waals surface area contributed by atoms with Gasteiger partial charge in [-0.05, 0) is 38.3 Å². The van der Waals surface area contributed by atoms with Crippen molar-refractivity contribution in [3.63, 3.8) is 0 Å². The minimum Gasteiger partial charge on any atom is -0.327 e. The molecule has 1 aliphatic rings. The third-order valence-corrected chi connectivity index (χ3v) is 4.43. The van der Waals surface area contributed by atoms with Crippen LogP contribution in [0.2, 0.25) is 0 Å². The van der Waals surface area contributed by atoms with Crippen molar-refractivity contribution in [1.82, 2.24) is 0 Å². The molecular weight excluding hydrogens is 260 g/mol. The van der Waals surface area contributed by atoms with E-state index in [0.29, 0.717) is 6.54 Å². The zero-order valence-corrected chi connectivity index (χ0v) is 14.0. The molecule has 3 atom stereocenters. The van der Waals surface area contributed by atoms with Crippen LogP contribution in [0.1, 0.15) is 37.0 Å². The number of rotatable bonds is 3. The topological polar surface area (TPSA) is 33.5 Å². The molecule has 2 rings (SSSR count). The zero-order valence-electron chi connectivity index (χ0n) is 14.0. The average molecular weight is 289 g/mol. The minimum absolute atomic E-state index is 0.140. The minimum atomic E-state index is 0.140. The third-order valence-electron chi connectivity index (χ3n) is 4.43. The van der Waals surface area contributed by atoms with Gasteiger partial charge >= 0.3 is 0 Å². The first kappa shape index (κ1) is 16.0. The van der Waals surface area contributed by atoms with Crippen LogP contribution < -0.4 is 10.2 Å². The fourth-order valence-corrected chi connectivity index (χ4v) is 3.85. The maximum atomic E-state index is 12.4. The molecule has 1 heterocycles. The lowest BCUT2D eigenvalue weighted by atomic mass is 9.92. The normalized spacial score (nSPS) is 25.7. The Bertz CT molecular complexity index is 491. The van der Waals surface area contributed by atoms with Gasteiger partial charge in [-0.3, -0.25) is 4.79 Å². The summed E-state index contributed by atoms with van der Waals surface area (Å²) in [6, 6.07) is 4.25. The van der Waals surface area contributed by atoms with Gasteiger partial charge in [0, 0.05) is 17.5 Å². The van der Waals surface area contributed by atoms with E-state index in [1.54, 1.807) is 0 Å². The SMILES string of the molecule is Cc1cc(C)c(NC(=O)C[NH+]2C[C@H](C)C[C@H](C)C2)c(C)c1. The van der Waals surface area contributed by atoms with Gasteiger partial charge in [0.25, 0.3) is 5.91 Å². The Balaban J connectivity index is 1.99. The van der Waals surface area contributed by atoms with Gasteiger partial charge in [0.2, 0.25) is 0 Å². The number of quaternary nitrogens is 1. The molecule has 116 valence electrons. The predicted octanol–water partition coefficient (Wildman–Crippen LogP) is 2.11. The summed E-state index contributed by atoms with van der Waals surface area (Å²) < 4.78 is 0.